The highest BCUT2D eigenvalue weighted by Crippen LogP contribution is 2.45. The SMILES string of the molecule is O=C1c2[nH]nc(-c3ccc(Br)cc3)c2[C@@H](c2ccc([N+](=O)[O-])cc2)N1c1ccccc1. The van der Waals surface area contributed by atoms with Gasteiger partial charge in [0.25, 0.3) is 11.6 Å². The van der Waals surface area contributed by atoms with E-state index in [1.54, 1.807) is 17.0 Å². The monoisotopic (exact) mass is 474 g/mol. The van der Waals surface area contributed by atoms with Crippen LogP contribution in [0.3, 0.4) is 0 Å². The fraction of sp³-hybridized carbons (Fsp3) is 0.0435. The summed E-state index contributed by atoms with van der Waals surface area (Å²) in [4.78, 5) is 25.8. The lowest BCUT2D eigenvalue weighted by molar-refractivity contribution is -0.384. The molecule has 1 amide bonds. The largest absolute Gasteiger partial charge is 0.295 e. The van der Waals surface area contributed by atoms with Crippen LogP contribution in [0.15, 0.2) is 83.3 Å². The summed E-state index contributed by atoms with van der Waals surface area (Å²) in [7, 11) is 0. The summed E-state index contributed by atoms with van der Waals surface area (Å²) >= 11 is 3.44. The molecule has 0 unspecified atom stereocenters. The second-order valence-electron chi connectivity index (χ2n) is 7.13. The normalized spacial score (nSPS) is 15.2. The highest BCUT2D eigenvalue weighted by Gasteiger charge is 2.43. The van der Waals surface area contributed by atoms with Gasteiger partial charge >= 0.3 is 0 Å². The Balaban J connectivity index is 1.70. The number of nitro benzene ring substituents is 1. The topological polar surface area (TPSA) is 92.1 Å². The van der Waals surface area contributed by atoms with Crippen LogP contribution in [0.2, 0.25) is 0 Å². The third kappa shape index (κ3) is 3.21. The van der Waals surface area contributed by atoms with Crippen molar-refractivity contribution in [1.82, 2.24) is 10.2 Å². The lowest BCUT2D eigenvalue weighted by atomic mass is 9.95. The van der Waals surface area contributed by atoms with Gasteiger partial charge < -0.3 is 0 Å². The highest BCUT2D eigenvalue weighted by atomic mass is 79.9. The van der Waals surface area contributed by atoms with Crippen molar-refractivity contribution < 1.29 is 9.72 Å². The molecule has 152 valence electrons. The summed E-state index contributed by atoms with van der Waals surface area (Å²) < 4.78 is 0.942. The molecule has 0 spiro atoms. The van der Waals surface area contributed by atoms with Crippen LogP contribution in [-0.4, -0.2) is 21.0 Å². The van der Waals surface area contributed by atoms with Gasteiger partial charge in [-0.05, 0) is 42.0 Å². The average molecular weight is 475 g/mol. The van der Waals surface area contributed by atoms with Crippen molar-refractivity contribution in [3.63, 3.8) is 0 Å². The zero-order valence-corrected chi connectivity index (χ0v) is 17.6. The molecular formula is C23H15BrN4O3. The second-order valence-corrected chi connectivity index (χ2v) is 8.05. The number of carbonyl (C=O) groups excluding carboxylic acids is 1. The minimum absolute atomic E-state index is 0.000107. The summed E-state index contributed by atoms with van der Waals surface area (Å²) in [5.74, 6) is -0.194. The molecular weight excluding hydrogens is 460 g/mol. The fourth-order valence-electron chi connectivity index (χ4n) is 3.92. The summed E-state index contributed by atoms with van der Waals surface area (Å²) in [5, 5.41) is 18.5. The number of aromatic amines is 1. The first-order valence-corrected chi connectivity index (χ1v) is 10.3. The molecule has 0 radical (unpaired) electrons. The van der Waals surface area contributed by atoms with Crippen molar-refractivity contribution in [2.75, 3.05) is 4.90 Å². The van der Waals surface area contributed by atoms with Crippen LogP contribution in [0.5, 0.6) is 0 Å². The Labute approximate surface area is 185 Å². The van der Waals surface area contributed by atoms with E-state index in [0.29, 0.717) is 11.4 Å². The summed E-state index contributed by atoms with van der Waals surface area (Å²) in [5.41, 5.74) is 4.23. The zero-order valence-electron chi connectivity index (χ0n) is 16.0. The fourth-order valence-corrected chi connectivity index (χ4v) is 4.19. The van der Waals surface area contributed by atoms with E-state index in [2.05, 4.69) is 26.1 Å². The summed E-state index contributed by atoms with van der Waals surface area (Å²) in [6.07, 6.45) is 0. The molecule has 2 heterocycles. The molecule has 4 aromatic rings. The molecule has 0 bridgehead atoms. The van der Waals surface area contributed by atoms with Gasteiger partial charge in [-0.25, -0.2) is 0 Å². The van der Waals surface area contributed by atoms with Crippen molar-refractivity contribution in [3.8, 4) is 11.3 Å². The smallest absolute Gasteiger partial charge is 0.277 e. The minimum Gasteiger partial charge on any atom is -0.295 e. The van der Waals surface area contributed by atoms with E-state index in [1.165, 1.54) is 12.1 Å². The molecule has 1 aromatic heterocycles. The Bertz CT molecular complexity index is 1280. The van der Waals surface area contributed by atoms with Crippen molar-refractivity contribution in [3.05, 3.63) is 110 Å². The van der Waals surface area contributed by atoms with Crippen LogP contribution in [0.4, 0.5) is 11.4 Å². The number of amides is 1. The van der Waals surface area contributed by atoms with Crippen LogP contribution in [0.1, 0.15) is 27.7 Å². The van der Waals surface area contributed by atoms with Gasteiger partial charge in [0, 0.05) is 33.4 Å². The van der Waals surface area contributed by atoms with Gasteiger partial charge in [0.05, 0.1) is 16.7 Å². The molecule has 0 aliphatic carbocycles. The number of H-pyrrole nitrogens is 1. The van der Waals surface area contributed by atoms with E-state index < -0.39 is 11.0 Å². The number of hydrogen-bond acceptors (Lipinski definition) is 4. The molecule has 0 fully saturated rings. The number of para-hydroxylation sites is 1. The van der Waals surface area contributed by atoms with Gasteiger partial charge in [0.15, 0.2) is 0 Å². The van der Waals surface area contributed by atoms with Gasteiger partial charge in [-0.3, -0.25) is 24.9 Å². The molecule has 0 saturated heterocycles. The Kier molecular flexibility index (Phi) is 4.63. The number of nitrogens with zero attached hydrogens (tertiary/aromatic N) is 3. The van der Waals surface area contributed by atoms with Crippen molar-refractivity contribution >= 4 is 33.2 Å². The predicted molar refractivity (Wildman–Crippen MR) is 120 cm³/mol. The first kappa shape index (κ1) is 19.2. The number of carbonyl (C=O) groups is 1. The number of rotatable bonds is 4. The zero-order chi connectivity index (χ0) is 21.5. The number of nitrogens with one attached hydrogen (secondary N) is 1. The van der Waals surface area contributed by atoms with Gasteiger partial charge in [-0.1, -0.05) is 46.3 Å². The van der Waals surface area contributed by atoms with E-state index in [1.807, 2.05) is 54.6 Å². The maximum Gasteiger partial charge on any atom is 0.277 e. The maximum absolute atomic E-state index is 13.4. The van der Waals surface area contributed by atoms with Crippen molar-refractivity contribution in [2.45, 2.75) is 6.04 Å². The molecule has 7 nitrogen and oxygen atoms in total. The Morgan fingerprint density at radius 1 is 0.968 bits per heavy atom. The number of non-ortho nitro benzene ring substituents is 1. The number of fused-ring (bicyclic) bond motifs is 1. The number of anilines is 1. The maximum atomic E-state index is 13.4. The molecule has 31 heavy (non-hydrogen) atoms. The first-order chi connectivity index (χ1) is 15.0. The standard InChI is InChI=1S/C23H15BrN4O3/c24-16-10-6-14(7-11-16)20-19-21(26-25-20)23(29)27(17-4-2-1-3-5-17)22(19)15-8-12-18(13-9-15)28(30)31/h1-13,22H,(H,25,26)/t22-/m1/s1. The van der Waals surface area contributed by atoms with Gasteiger partial charge in [-0.2, -0.15) is 5.10 Å². The number of aromatic nitrogens is 2. The molecule has 1 aliphatic rings. The van der Waals surface area contributed by atoms with Crippen LogP contribution < -0.4 is 4.90 Å². The van der Waals surface area contributed by atoms with Crippen molar-refractivity contribution in [2.24, 2.45) is 0 Å². The second kappa shape index (κ2) is 7.48. The van der Waals surface area contributed by atoms with E-state index in [4.69, 9.17) is 0 Å². The molecule has 8 heteroatoms. The lowest BCUT2D eigenvalue weighted by Crippen LogP contribution is -2.29. The Hall–Kier alpha value is -3.78. The molecule has 5 rings (SSSR count). The van der Waals surface area contributed by atoms with E-state index in [0.717, 1.165) is 26.9 Å². The number of nitro groups is 1. The third-order valence-electron chi connectivity index (χ3n) is 5.34. The van der Waals surface area contributed by atoms with Gasteiger partial charge in [0.1, 0.15) is 5.69 Å². The van der Waals surface area contributed by atoms with Gasteiger partial charge in [-0.15, -0.1) is 0 Å². The van der Waals surface area contributed by atoms with Crippen LogP contribution in [-0.2, 0) is 0 Å². The minimum atomic E-state index is -0.469. The number of benzene rings is 3. The van der Waals surface area contributed by atoms with E-state index in [9.17, 15) is 14.9 Å². The third-order valence-corrected chi connectivity index (χ3v) is 5.87. The molecule has 0 saturated carbocycles. The molecule has 1 N–H and O–H groups in total. The molecule has 1 aliphatic heterocycles. The van der Waals surface area contributed by atoms with Crippen LogP contribution >= 0.6 is 15.9 Å². The number of halogens is 1. The summed E-state index contributed by atoms with van der Waals surface area (Å²) in [6.45, 7) is 0. The quantitative estimate of drug-likeness (QED) is 0.312. The van der Waals surface area contributed by atoms with Crippen LogP contribution in [0, 0.1) is 10.1 Å². The van der Waals surface area contributed by atoms with E-state index in [-0.39, 0.29) is 11.6 Å². The molecule has 3 aromatic carbocycles. The lowest BCUT2D eigenvalue weighted by Gasteiger charge is -2.26. The molecule has 1 atom stereocenters. The van der Waals surface area contributed by atoms with Crippen LogP contribution in [0.25, 0.3) is 11.3 Å². The van der Waals surface area contributed by atoms with E-state index >= 15 is 0 Å². The predicted octanol–water partition coefficient (Wildman–Crippen LogP) is 5.50. The Morgan fingerprint density at radius 3 is 2.29 bits per heavy atom. The highest BCUT2D eigenvalue weighted by molar-refractivity contribution is 9.10. The first-order valence-electron chi connectivity index (χ1n) is 9.52. The van der Waals surface area contributed by atoms with Crippen molar-refractivity contribution in [1.29, 1.82) is 0 Å². The summed E-state index contributed by atoms with van der Waals surface area (Å²) in [6, 6.07) is 22.9. The van der Waals surface area contributed by atoms with Gasteiger partial charge in [0.2, 0.25) is 0 Å². The average Bonchev–Trinajstić information content (AvgIpc) is 3.34. The Morgan fingerprint density at radius 2 is 1.65 bits per heavy atom. The number of hydrogen-bond donors (Lipinski definition) is 1.